The highest BCUT2D eigenvalue weighted by Gasteiger charge is 2.13. The molecule has 0 saturated heterocycles. The summed E-state index contributed by atoms with van der Waals surface area (Å²) in [5.41, 5.74) is 3.90. The van der Waals surface area contributed by atoms with E-state index in [0.29, 0.717) is 22.3 Å². The van der Waals surface area contributed by atoms with Crippen molar-refractivity contribution in [3.05, 3.63) is 105 Å². The van der Waals surface area contributed by atoms with Crippen LogP contribution in [0.3, 0.4) is 0 Å². The number of nitro benzene ring substituents is 1. The number of nitrogens with zero attached hydrogens (tertiary/aromatic N) is 4. The van der Waals surface area contributed by atoms with Crippen molar-refractivity contribution in [2.24, 2.45) is 0 Å². The summed E-state index contributed by atoms with van der Waals surface area (Å²) in [4.78, 5) is 24.6. The van der Waals surface area contributed by atoms with Crippen LogP contribution in [0.15, 0.2) is 78.9 Å². The van der Waals surface area contributed by atoms with Crippen molar-refractivity contribution in [3.63, 3.8) is 0 Å². The molecule has 172 valence electrons. The Morgan fingerprint density at radius 1 is 1.03 bits per heavy atom. The van der Waals surface area contributed by atoms with Crippen molar-refractivity contribution >= 4 is 56.8 Å². The van der Waals surface area contributed by atoms with Crippen molar-refractivity contribution in [1.29, 1.82) is 0 Å². The molecule has 35 heavy (non-hydrogen) atoms. The molecule has 0 atom stereocenters. The molecule has 0 aliphatic rings. The van der Waals surface area contributed by atoms with E-state index in [0.717, 1.165) is 22.0 Å². The topological polar surface area (TPSA) is 103 Å². The summed E-state index contributed by atoms with van der Waals surface area (Å²) in [5, 5.41) is 25.3. The number of hydrogen-bond donors (Lipinski definition) is 1. The van der Waals surface area contributed by atoms with Gasteiger partial charge < -0.3 is 5.32 Å². The fraction of sp³-hybridized carbons (Fsp3) is 0.0385. The van der Waals surface area contributed by atoms with Gasteiger partial charge in [-0.05, 0) is 53.8 Å². The highest BCUT2D eigenvalue weighted by molar-refractivity contribution is 6.32. The van der Waals surface area contributed by atoms with Gasteiger partial charge in [0.2, 0.25) is 5.91 Å². The van der Waals surface area contributed by atoms with Gasteiger partial charge in [0.15, 0.2) is 0 Å². The number of rotatable bonds is 5. The summed E-state index contributed by atoms with van der Waals surface area (Å²) < 4.78 is 0. The summed E-state index contributed by atoms with van der Waals surface area (Å²) in [6, 6.07) is 22.0. The molecular formula is C26H18ClN5O3. The van der Waals surface area contributed by atoms with Gasteiger partial charge in [-0.1, -0.05) is 54.1 Å². The van der Waals surface area contributed by atoms with Crippen LogP contribution in [0.4, 0.5) is 11.4 Å². The van der Waals surface area contributed by atoms with E-state index in [1.807, 2.05) is 55.5 Å². The smallest absolute Gasteiger partial charge is 0.288 e. The number of anilines is 1. The van der Waals surface area contributed by atoms with Crippen LogP contribution in [-0.4, -0.2) is 25.8 Å². The first-order valence-electron chi connectivity index (χ1n) is 10.7. The lowest BCUT2D eigenvalue weighted by atomic mass is 10.1. The maximum atomic E-state index is 12.5. The quantitative estimate of drug-likeness (QED) is 0.185. The van der Waals surface area contributed by atoms with Gasteiger partial charge in [0.1, 0.15) is 16.1 Å². The lowest BCUT2D eigenvalue weighted by Crippen LogP contribution is -2.09. The molecule has 0 aliphatic heterocycles. The maximum absolute atomic E-state index is 12.5. The molecule has 8 nitrogen and oxygen atoms in total. The second-order valence-corrected chi connectivity index (χ2v) is 8.34. The van der Waals surface area contributed by atoms with Crippen LogP contribution in [-0.2, 0) is 4.79 Å². The third-order valence-electron chi connectivity index (χ3n) is 5.56. The third kappa shape index (κ3) is 4.47. The first-order chi connectivity index (χ1) is 16.9. The average Bonchev–Trinajstić information content (AvgIpc) is 3.25. The fourth-order valence-electron chi connectivity index (χ4n) is 3.81. The summed E-state index contributed by atoms with van der Waals surface area (Å²) in [7, 11) is 0. The molecule has 0 radical (unpaired) electrons. The zero-order valence-corrected chi connectivity index (χ0v) is 19.2. The van der Waals surface area contributed by atoms with Crippen molar-refractivity contribution in [2.75, 3.05) is 5.32 Å². The predicted octanol–water partition coefficient (Wildman–Crippen LogP) is 6.10. The van der Waals surface area contributed by atoms with E-state index < -0.39 is 4.92 Å². The lowest BCUT2D eigenvalue weighted by Gasteiger charge is -2.05. The molecule has 0 saturated carbocycles. The first-order valence-corrected chi connectivity index (χ1v) is 11.1. The van der Waals surface area contributed by atoms with E-state index >= 15 is 0 Å². The van der Waals surface area contributed by atoms with Crippen LogP contribution in [0.5, 0.6) is 0 Å². The highest BCUT2D eigenvalue weighted by Crippen LogP contribution is 2.27. The van der Waals surface area contributed by atoms with Gasteiger partial charge in [-0.25, -0.2) is 0 Å². The molecule has 9 heteroatoms. The molecule has 0 fully saturated rings. The summed E-state index contributed by atoms with van der Waals surface area (Å²) in [5.74, 6) is -0.383. The Hall–Kier alpha value is -4.56. The van der Waals surface area contributed by atoms with Gasteiger partial charge in [0.05, 0.1) is 10.6 Å². The summed E-state index contributed by atoms with van der Waals surface area (Å²) in [6.45, 7) is 1.87. The van der Waals surface area contributed by atoms with Gasteiger partial charge in [0, 0.05) is 23.2 Å². The Labute approximate surface area is 204 Å². The molecule has 0 spiro atoms. The van der Waals surface area contributed by atoms with Gasteiger partial charge in [-0.15, -0.1) is 15.0 Å². The van der Waals surface area contributed by atoms with Crippen LogP contribution in [0, 0.1) is 17.0 Å². The van der Waals surface area contributed by atoms with E-state index in [1.165, 1.54) is 24.3 Å². The zero-order valence-electron chi connectivity index (χ0n) is 18.5. The van der Waals surface area contributed by atoms with Crippen LogP contribution < -0.4 is 5.32 Å². The second kappa shape index (κ2) is 9.00. The van der Waals surface area contributed by atoms with E-state index in [4.69, 9.17) is 11.6 Å². The fourth-order valence-corrected chi connectivity index (χ4v) is 4.00. The molecule has 0 aliphatic carbocycles. The molecule has 0 unspecified atom stereocenters. The number of nitrogens with one attached hydrogen (secondary N) is 1. The number of aryl methyl sites for hydroxylation is 1. The lowest BCUT2D eigenvalue weighted by molar-refractivity contribution is -0.384. The van der Waals surface area contributed by atoms with Gasteiger partial charge in [0.25, 0.3) is 5.69 Å². The molecule has 1 heterocycles. The molecule has 0 bridgehead atoms. The van der Waals surface area contributed by atoms with Crippen molar-refractivity contribution in [1.82, 2.24) is 15.0 Å². The Bertz CT molecular complexity index is 1650. The predicted molar refractivity (Wildman–Crippen MR) is 137 cm³/mol. The van der Waals surface area contributed by atoms with E-state index in [2.05, 4.69) is 15.5 Å². The Kier molecular flexibility index (Phi) is 5.72. The number of carbonyl (C=O) groups excluding carboxylic acids is 1. The maximum Gasteiger partial charge on any atom is 0.288 e. The molecular weight excluding hydrogens is 466 g/mol. The van der Waals surface area contributed by atoms with Crippen molar-refractivity contribution in [3.8, 4) is 5.69 Å². The monoisotopic (exact) mass is 483 g/mol. The number of fused-ring (bicyclic) bond motifs is 2. The minimum Gasteiger partial charge on any atom is -0.322 e. The van der Waals surface area contributed by atoms with Gasteiger partial charge in [-0.2, -0.15) is 0 Å². The summed E-state index contributed by atoms with van der Waals surface area (Å²) in [6.07, 6.45) is 2.80. The van der Waals surface area contributed by atoms with Crippen molar-refractivity contribution < 1.29 is 9.72 Å². The molecule has 5 rings (SSSR count). The first kappa shape index (κ1) is 22.2. The van der Waals surface area contributed by atoms with E-state index in [9.17, 15) is 14.9 Å². The van der Waals surface area contributed by atoms with Crippen LogP contribution in [0.2, 0.25) is 5.02 Å². The normalized spacial score (nSPS) is 11.4. The highest BCUT2D eigenvalue weighted by atomic mass is 35.5. The number of hydrogen-bond acceptors (Lipinski definition) is 5. The van der Waals surface area contributed by atoms with Gasteiger partial charge in [-0.3, -0.25) is 14.9 Å². The second-order valence-electron chi connectivity index (χ2n) is 7.93. The number of carbonyl (C=O) groups is 1. The van der Waals surface area contributed by atoms with Crippen LogP contribution in [0.25, 0.3) is 33.6 Å². The number of amides is 1. The Balaban J connectivity index is 1.41. The number of aromatic nitrogens is 3. The Morgan fingerprint density at radius 2 is 1.77 bits per heavy atom. The molecule has 4 aromatic carbocycles. The van der Waals surface area contributed by atoms with Crippen LogP contribution in [0.1, 0.15) is 11.1 Å². The Morgan fingerprint density at radius 3 is 2.57 bits per heavy atom. The SMILES string of the molecule is Cc1cc2nn(-c3cccc4ccccc34)nc2cc1NC(=O)/C=C/c1ccc(Cl)c([N+](=O)[O-])c1. The number of benzene rings is 4. The van der Waals surface area contributed by atoms with Gasteiger partial charge >= 0.3 is 0 Å². The van der Waals surface area contributed by atoms with Crippen LogP contribution >= 0.6 is 11.6 Å². The molecule has 1 amide bonds. The summed E-state index contributed by atoms with van der Waals surface area (Å²) >= 11 is 5.84. The minimum absolute atomic E-state index is 0.0390. The number of nitro groups is 1. The number of halogens is 1. The standard InChI is InChI=1S/C26H18ClN5O3/c1-16-13-22-23(30-31(29-22)24-8-4-6-18-5-2-3-7-19(18)24)15-21(16)28-26(33)12-10-17-9-11-20(27)25(14-17)32(34)35/h2-15H,1H3,(H,28,33)/b12-10+. The third-order valence-corrected chi connectivity index (χ3v) is 5.88. The molecule has 5 aromatic rings. The largest absolute Gasteiger partial charge is 0.322 e. The minimum atomic E-state index is -0.566. The average molecular weight is 484 g/mol. The zero-order chi connectivity index (χ0) is 24.5. The molecule has 1 aromatic heterocycles. The molecule has 1 N–H and O–H groups in total. The van der Waals surface area contributed by atoms with Crippen molar-refractivity contribution in [2.45, 2.75) is 6.92 Å². The van der Waals surface area contributed by atoms with E-state index in [1.54, 1.807) is 16.9 Å². The van der Waals surface area contributed by atoms with E-state index in [-0.39, 0.29) is 16.6 Å².